The molecular formula is C16H24N2O5S2. The standard InChI is InChI=1S/C16H24N2O5S2/c1-12-5-4-6-13(2)16(12)18(24(3,20)21)9-7-15(19)17-14-8-10-25(22,23)11-14/h4-6,14H,7-11H2,1-3H3,(H,17,19). The van der Waals surface area contributed by atoms with Crippen LogP contribution in [-0.2, 0) is 24.7 Å². The number of anilines is 1. The van der Waals surface area contributed by atoms with Crippen molar-refractivity contribution in [1.29, 1.82) is 0 Å². The average molecular weight is 389 g/mol. The summed E-state index contributed by atoms with van der Waals surface area (Å²) in [7, 11) is -6.62. The highest BCUT2D eigenvalue weighted by Crippen LogP contribution is 2.26. The third-order valence-corrected chi connectivity index (χ3v) is 7.16. The van der Waals surface area contributed by atoms with E-state index < -0.39 is 19.9 Å². The second-order valence-electron chi connectivity index (χ2n) is 6.49. The zero-order valence-corrected chi connectivity index (χ0v) is 16.3. The second kappa shape index (κ2) is 7.33. The molecule has 1 aliphatic heterocycles. The van der Waals surface area contributed by atoms with Crippen molar-refractivity contribution >= 4 is 31.5 Å². The highest BCUT2D eigenvalue weighted by atomic mass is 32.2. The van der Waals surface area contributed by atoms with Crippen molar-refractivity contribution in [3.05, 3.63) is 29.3 Å². The largest absolute Gasteiger partial charge is 0.352 e. The molecule has 1 aromatic carbocycles. The number of sulfonamides is 1. The van der Waals surface area contributed by atoms with E-state index in [2.05, 4.69) is 5.32 Å². The maximum absolute atomic E-state index is 12.2. The third kappa shape index (κ3) is 5.18. The molecule has 0 bridgehead atoms. The number of benzene rings is 1. The van der Waals surface area contributed by atoms with Gasteiger partial charge in [0.05, 0.1) is 23.4 Å². The number of sulfone groups is 1. The third-order valence-electron chi connectivity index (χ3n) is 4.23. The lowest BCUT2D eigenvalue weighted by molar-refractivity contribution is -0.121. The zero-order valence-electron chi connectivity index (χ0n) is 14.6. The molecule has 1 aliphatic rings. The quantitative estimate of drug-likeness (QED) is 0.775. The predicted molar refractivity (Wildman–Crippen MR) is 97.9 cm³/mol. The Morgan fingerprint density at radius 3 is 2.36 bits per heavy atom. The summed E-state index contributed by atoms with van der Waals surface area (Å²) < 4.78 is 48.5. The fourth-order valence-electron chi connectivity index (χ4n) is 3.05. The maximum Gasteiger partial charge on any atom is 0.232 e. The van der Waals surface area contributed by atoms with Gasteiger partial charge in [0.25, 0.3) is 0 Å². The van der Waals surface area contributed by atoms with E-state index in [0.29, 0.717) is 12.1 Å². The molecule has 1 heterocycles. The zero-order chi connectivity index (χ0) is 18.8. The molecule has 7 nitrogen and oxygen atoms in total. The summed E-state index contributed by atoms with van der Waals surface area (Å²) >= 11 is 0. The Morgan fingerprint density at radius 1 is 1.28 bits per heavy atom. The van der Waals surface area contributed by atoms with E-state index in [1.165, 1.54) is 4.31 Å². The van der Waals surface area contributed by atoms with Gasteiger partial charge in [-0.15, -0.1) is 0 Å². The summed E-state index contributed by atoms with van der Waals surface area (Å²) in [6.07, 6.45) is 1.48. The molecule has 1 saturated heterocycles. The highest BCUT2D eigenvalue weighted by Gasteiger charge is 2.29. The summed E-state index contributed by atoms with van der Waals surface area (Å²) in [5.41, 5.74) is 2.21. The number of rotatable bonds is 6. The van der Waals surface area contributed by atoms with Gasteiger partial charge in [-0.3, -0.25) is 9.10 Å². The summed E-state index contributed by atoms with van der Waals surface area (Å²) in [5, 5.41) is 2.68. The summed E-state index contributed by atoms with van der Waals surface area (Å²) in [6.45, 7) is 3.66. The topological polar surface area (TPSA) is 101 Å². The first-order valence-corrected chi connectivity index (χ1v) is 11.7. The molecule has 1 atom stereocenters. The average Bonchev–Trinajstić information content (AvgIpc) is 2.79. The van der Waals surface area contributed by atoms with Crippen LogP contribution in [0.15, 0.2) is 18.2 Å². The van der Waals surface area contributed by atoms with Crippen LogP contribution in [0.4, 0.5) is 5.69 Å². The van der Waals surface area contributed by atoms with Crippen LogP contribution in [0.5, 0.6) is 0 Å². The number of para-hydroxylation sites is 1. The van der Waals surface area contributed by atoms with Gasteiger partial charge in [-0.05, 0) is 31.4 Å². The molecule has 2 rings (SSSR count). The number of aryl methyl sites for hydroxylation is 2. The van der Waals surface area contributed by atoms with E-state index >= 15 is 0 Å². The van der Waals surface area contributed by atoms with Crippen molar-refractivity contribution < 1.29 is 21.6 Å². The van der Waals surface area contributed by atoms with Crippen LogP contribution in [0.2, 0.25) is 0 Å². The van der Waals surface area contributed by atoms with Crippen molar-refractivity contribution in [2.24, 2.45) is 0 Å². The molecular weight excluding hydrogens is 364 g/mol. The van der Waals surface area contributed by atoms with Crippen molar-refractivity contribution in [3.8, 4) is 0 Å². The summed E-state index contributed by atoms with van der Waals surface area (Å²) in [5.74, 6) is -0.316. The van der Waals surface area contributed by atoms with Crippen molar-refractivity contribution in [2.75, 3.05) is 28.6 Å². The molecule has 1 unspecified atom stereocenters. The van der Waals surface area contributed by atoms with Gasteiger partial charge in [0.15, 0.2) is 9.84 Å². The van der Waals surface area contributed by atoms with Gasteiger partial charge in [0.1, 0.15) is 0 Å². The molecule has 140 valence electrons. The van der Waals surface area contributed by atoms with E-state index in [1.807, 2.05) is 32.0 Å². The van der Waals surface area contributed by atoms with Crippen LogP contribution in [-0.4, -0.2) is 53.1 Å². The normalized spacial score (nSPS) is 19.6. The Balaban J connectivity index is 2.08. The monoisotopic (exact) mass is 388 g/mol. The lowest BCUT2D eigenvalue weighted by Gasteiger charge is -2.26. The maximum atomic E-state index is 12.2. The minimum absolute atomic E-state index is 0.00975. The minimum atomic E-state index is -3.55. The van der Waals surface area contributed by atoms with E-state index in [1.54, 1.807) is 0 Å². The highest BCUT2D eigenvalue weighted by molar-refractivity contribution is 7.92. The molecule has 0 aliphatic carbocycles. The molecule has 1 aromatic rings. The van der Waals surface area contributed by atoms with Crippen LogP contribution in [0.25, 0.3) is 0 Å². The van der Waals surface area contributed by atoms with Crippen LogP contribution in [0, 0.1) is 13.8 Å². The number of amides is 1. The molecule has 0 radical (unpaired) electrons. The van der Waals surface area contributed by atoms with E-state index in [-0.39, 0.29) is 36.4 Å². The first-order valence-electron chi connectivity index (χ1n) is 8.03. The molecule has 0 aromatic heterocycles. The van der Waals surface area contributed by atoms with Crippen LogP contribution in [0.3, 0.4) is 0 Å². The van der Waals surface area contributed by atoms with Crippen molar-refractivity contribution in [1.82, 2.24) is 5.32 Å². The van der Waals surface area contributed by atoms with Gasteiger partial charge >= 0.3 is 0 Å². The van der Waals surface area contributed by atoms with Crippen molar-refractivity contribution in [2.45, 2.75) is 32.7 Å². The Bertz CT molecular complexity index is 842. The van der Waals surface area contributed by atoms with Crippen molar-refractivity contribution in [3.63, 3.8) is 0 Å². The number of nitrogens with zero attached hydrogens (tertiary/aromatic N) is 1. The fourth-order valence-corrected chi connectivity index (χ4v) is 5.77. The van der Waals surface area contributed by atoms with Gasteiger partial charge < -0.3 is 5.32 Å². The van der Waals surface area contributed by atoms with Crippen LogP contribution < -0.4 is 9.62 Å². The molecule has 1 amide bonds. The molecule has 25 heavy (non-hydrogen) atoms. The lowest BCUT2D eigenvalue weighted by atomic mass is 10.1. The Hall–Kier alpha value is -1.61. The van der Waals surface area contributed by atoms with Crippen LogP contribution in [0.1, 0.15) is 24.0 Å². The molecule has 1 fully saturated rings. The Morgan fingerprint density at radius 2 is 1.88 bits per heavy atom. The SMILES string of the molecule is Cc1cccc(C)c1N(CCC(=O)NC1CCS(=O)(=O)C1)S(C)(=O)=O. The smallest absolute Gasteiger partial charge is 0.232 e. The van der Waals surface area contributed by atoms with Crippen LogP contribution >= 0.6 is 0 Å². The van der Waals surface area contributed by atoms with Gasteiger partial charge in [0.2, 0.25) is 15.9 Å². The van der Waals surface area contributed by atoms with Gasteiger partial charge in [-0.2, -0.15) is 0 Å². The van der Waals surface area contributed by atoms with Gasteiger partial charge in [0, 0.05) is 19.0 Å². The molecule has 1 N–H and O–H groups in total. The van der Waals surface area contributed by atoms with E-state index in [4.69, 9.17) is 0 Å². The Kier molecular flexibility index (Phi) is 5.78. The molecule has 0 spiro atoms. The van der Waals surface area contributed by atoms with E-state index in [9.17, 15) is 21.6 Å². The first kappa shape index (κ1) is 19.7. The molecule has 9 heteroatoms. The first-order chi connectivity index (χ1) is 11.5. The lowest BCUT2D eigenvalue weighted by Crippen LogP contribution is -2.39. The predicted octanol–water partition coefficient (Wildman–Crippen LogP) is 0.763. The minimum Gasteiger partial charge on any atom is -0.352 e. The summed E-state index contributed by atoms with van der Waals surface area (Å²) in [4.78, 5) is 12.1. The summed E-state index contributed by atoms with van der Waals surface area (Å²) in [6, 6.07) is 5.11. The number of carbonyl (C=O) groups is 1. The number of hydrogen-bond donors (Lipinski definition) is 1. The van der Waals surface area contributed by atoms with Gasteiger partial charge in [-0.25, -0.2) is 16.8 Å². The van der Waals surface area contributed by atoms with Gasteiger partial charge in [-0.1, -0.05) is 18.2 Å². The van der Waals surface area contributed by atoms with E-state index in [0.717, 1.165) is 17.4 Å². The Labute approximate surface area is 149 Å². The fraction of sp³-hybridized carbons (Fsp3) is 0.562. The second-order valence-corrected chi connectivity index (χ2v) is 10.6. The number of nitrogens with one attached hydrogen (secondary N) is 1. The number of carbonyl (C=O) groups excluding carboxylic acids is 1. The molecule has 0 saturated carbocycles. The number of hydrogen-bond acceptors (Lipinski definition) is 5.